The van der Waals surface area contributed by atoms with Crippen molar-refractivity contribution >= 4 is 11.8 Å². The monoisotopic (exact) mass is 253 g/mol. The predicted octanol–water partition coefficient (Wildman–Crippen LogP) is 2.19. The maximum absolute atomic E-state index is 11.3. The first-order valence-corrected chi connectivity index (χ1v) is 5.61. The molecule has 0 radical (unpaired) electrons. The quantitative estimate of drug-likeness (QED) is 0.872. The van der Waals surface area contributed by atoms with Gasteiger partial charge in [-0.25, -0.2) is 9.78 Å². The van der Waals surface area contributed by atoms with Crippen molar-refractivity contribution in [3.05, 3.63) is 59.8 Å². The molecular formula is C14H11N3O2. The highest BCUT2D eigenvalue weighted by atomic mass is 16.4. The number of carboxylic acid groups (broad SMARTS) is 1. The number of nitrogens with one attached hydrogen (secondary N) is 1. The van der Waals surface area contributed by atoms with Crippen LogP contribution in [0.15, 0.2) is 48.7 Å². The second-order valence-electron chi connectivity index (χ2n) is 3.87. The standard InChI is InChI=1S/C14H11N3O2/c15-9-10-6-7-16-12(8-10)17-13(14(18)19)11-4-2-1-3-5-11/h1-8,13H,(H,16,17)(H,18,19). The van der Waals surface area contributed by atoms with Crippen molar-refractivity contribution in [2.75, 3.05) is 5.32 Å². The third kappa shape index (κ3) is 3.07. The van der Waals surface area contributed by atoms with Crippen LogP contribution in [0.4, 0.5) is 5.82 Å². The fourth-order valence-electron chi connectivity index (χ4n) is 1.66. The van der Waals surface area contributed by atoms with Crippen LogP contribution < -0.4 is 5.32 Å². The summed E-state index contributed by atoms with van der Waals surface area (Å²) in [5, 5.41) is 20.9. The van der Waals surface area contributed by atoms with Gasteiger partial charge in [0.05, 0.1) is 11.6 Å². The Morgan fingerprint density at radius 3 is 2.68 bits per heavy atom. The number of hydrogen-bond donors (Lipinski definition) is 2. The minimum absolute atomic E-state index is 0.357. The molecule has 0 bridgehead atoms. The van der Waals surface area contributed by atoms with Crippen molar-refractivity contribution in [1.82, 2.24) is 4.98 Å². The number of nitrogens with zero attached hydrogens (tertiary/aromatic N) is 2. The Morgan fingerprint density at radius 2 is 2.05 bits per heavy atom. The lowest BCUT2D eigenvalue weighted by Gasteiger charge is -2.15. The molecule has 5 nitrogen and oxygen atoms in total. The summed E-state index contributed by atoms with van der Waals surface area (Å²) in [7, 11) is 0. The van der Waals surface area contributed by atoms with Crippen LogP contribution in [0.1, 0.15) is 17.2 Å². The molecule has 2 N–H and O–H groups in total. The molecule has 0 saturated carbocycles. The molecule has 2 aromatic rings. The summed E-state index contributed by atoms with van der Waals surface area (Å²) < 4.78 is 0. The summed E-state index contributed by atoms with van der Waals surface area (Å²) in [6.07, 6.45) is 1.46. The van der Waals surface area contributed by atoms with Gasteiger partial charge in [-0.3, -0.25) is 0 Å². The highest BCUT2D eigenvalue weighted by molar-refractivity contribution is 5.78. The Kier molecular flexibility index (Phi) is 3.74. The summed E-state index contributed by atoms with van der Waals surface area (Å²) in [5.74, 6) is -0.648. The number of nitriles is 1. The number of anilines is 1. The predicted molar refractivity (Wildman–Crippen MR) is 69.4 cm³/mol. The number of benzene rings is 1. The first kappa shape index (κ1) is 12.6. The molecule has 0 spiro atoms. The van der Waals surface area contributed by atoms with Gasteiger partial charge in [-0.1, -0.05) is 30.3 Å². The highest BCUT2D eigenvalue weighted by Crippen LogP contribution is 2.18. The van der Waals surface area contributed by atoms with Crippen molar-refractivity contribution < 1.29 is 9.90 Å². The van der Waals surface area contributed by atoms with Crippen LogP contribution in [0.3, 0.4) is 0 Å². The largest absolute Gasteiger partial charge is 0.479 e. The molecule has 2 rings (SSSR count). The Balaban J connectivity index is 2.27. The summed E-state index contributed by atoms with van der Waals surface area (Å²) in [6, 6.07) is 13.0. The molecule has 0 aliphatic heterocycles. The molecule has 1 aromatic heterocycles. The smallest absolute Gasteiger partial charge is 0.330 e. The Labute approximate surface area is 110 Å². The van der Waals surface area contributed by atoms with E-state index in [0.29, 0.717) is 16.9 Å². The van der Waals surface area contributed by atoms with Crippen molar-refractivity contribution in [2.45, 2.75) is 6.04 Å². The lowest BCUT2D eigenvalue weighted by atomic mass is 10.1. The number of rotatable bonds is 4. The minimum atomic E-state index is -1.00. The zero-order valence-corrected chi connectivity index (χ0v) is 9.95. The van der Waals surface area contributed by atoms with Crippen LogP contribution in [0, 0.1) is 11.3 Å². The molecule has 0 aliphatic carbocycles. The Morgan fingerprint density at radius 1 is 1.32 bits per heavy atom. The fourth-order valence-corrected chi connectivity index (χ4v) is 1.66. The average molecular weight is 253 g/mol. The summed E-state index contributed by atoms with van der Waals surface area (Å²) in [5.41, 5.74) is 1.05. The SMILES string of the molecule is N#Cc1ccnc(NC(C(=O)O)c2ccccc2)c1. The Hall–Kier alpha value is -2.87. The van der Waals surface area contributed by atoms with Gasteiger partial charge in [-0.2, -0.15) is 5.26 Å². The van der Waals surface area contributed by atoms with Gasteiger partial charge >= 0.3 is 5.97 Å². The normalized spacial score (nSPS) is 11.3. The number of carboxylic acids is 1. The van der Waals surface area contributed by atoms with Gasteiger partial charge in [0, 0.05) is 6.20 Å². The van der Waals surface area contributed by atoms with Gasteiger partial charge in [0.25, 0.3) is 0 Å². The zero-order chi connectivity index (χ0) is 13.7. The zero-order valence-electron chi connectivity index (χ0n) is 9.95. The maximum Gasteiger partial charge on any atom is 0.330 e. The molecule has 1 atom stereocenters. The van der Waals surface area contributed by atoms with E-state index >= 15 is 0 Å². The Bertz CT molecular complexity index is 620. The van der Waals surface area contributed by atoms with Gasteiger partial charge in [0.15, 0.2) is 6.04 Å². The van der Waals surface area contributed by atoms with Gasteiger partial charge in [-0.15, -0.1) is 0 Å². The first-order valence-electron chi connectivity index (χ1n) is 5.61. The van der Waals surface area contributed by atoms with Crippen molar-refractivity contribution in [1.29, 1.82) is 5.26 Å². The van der Waals surface area contributed by atoms with E-state index < -0.39 is 12.0 Å². The molecular weight excluding hydrogens is 242 g/mol. The lowest BCUT2D eigenvalue weighted by Crippen LogP contribution is -2.21. The van der Waals surface area contributed by atoms with Gasteiger partial charge in [0.2, 0.25) is 0 Å². The average Bonchev–Trinajstić information content (AvgIpc) is 2.45. The maximum atomic E-state index is 11.3. The molecule has 1 unspecified atom stereocenters. The van der Waals surface area contributed by atoms with E-state index in [1.807, 2.05) is 12.1 Å². The molecule has 0 saturated heterocycles. The first-order chi connectivity index (χ1) is 9.20. The number of carbonyl (C=O) groups is 1. The highest BCUT2D eigenvalue weighted by Gasteiger charge is 2.19. The van der Waals surface area contributed by atoms with Crippen LogP contribution >= 0.6 is 0 Å². The molecule has 1 aromatic carbocycles. The third-order valence-corrected chi connectivity index (χ3v) is 2.56. The second kappa shape index (κ2) is 5.65. The minimum Gasteiger partial charge on any atom is -0.479 e. The van der Waals surface area contributed by atoms with Crippen LogP contribution in [0.5, 0.6) is 0 Å². The molecule has 1 heterocycles. The van der Waals surface area contributed by atoms with E-state index in [0.717, 1.165) is 0 Å². The number of aromatic nitrogens is 1. The summed E-state index contributed by atoms with van der Waals surface area (Å²) >= 11 is 0. The summed E-state index contributed by atoms with van der Waals surface area (Å²) in [4.78, 5) is 15.3. The topological polar surface area (TPSA) is 86.0 Å². The van der Waals surface area contributed by atoms with E-state index in [1.54, 1.807) is 30.3 Å². The molecule has 0 aliphatic rings. The van der Waals surface area contributed by atoms with Crippen LogP contribution in [0.2, 0.25) is 0 Å². The molecule has 0 amide bonds. The van der Waals surface area contributed by atoms with E-state index in [4.69, 9.17) is 5.26 Å². The van der Waals surface area contributed by atoms with E-state index in [-0.39, 0.29) is 0 Å². The fraction of sp³-hybridized carbons (Fsp3) is 0.0714. The molecule has 0 fully saturated rings. The van der Waals surface area contributed by atoms with Crippen molar-refractivity contribution in [3.63, 3.8) is 0 Å². The van der Waals surface area contributed by atoms with Crippen molar-refractivity contribution in [3.8, 4) is 6.07 Å². The van der Waals surface area contributed by atoms with Crippen molar-refractivity contribution in [2.24, 2.45) is 0 Å². The third-order valence-electron chi connectivity index (χ3n) is 2.56. The van der Waals surface area contributed by atoms with Gasteiger partial charge in [0.1, 0.15) is 5.82 Å². The van der Waals surface area contributed by atoms with Crippen LogP contribution in [0.25, 0.3) is 0 Å². The number of aliphatic carboxylic acids is 1. The molecule has 19 heavy (non-hydrogen) atoms. The van der Waals surface area contributed by atoms with E-state index in [9.17, 15) is 9.90 Å². The van der Waals surface area contributed by atoms with Crippen LogP contribution in [-0.4, -0.2) is 16.1 Å². The lowest BCUT2D eigenvalue weighted by molar-refractivity contribution is -0.138. The molecule has 94 valence electrons. The number of pyridine rings is 1. The van der Waals surface area contributed by atoms with Crippen LogP contribution in [-0.2, 0) is 4.79 Å². The van der Waals surface area contributed by atoms with E-state index in [2.05, 4.69) is 10.3 Å². The number of hydrogen-bond acceptors (Lipinski definition) is 4. The summed E-state index contributed by atoms with van der Waals surface area (Å²) in [6.45, 7) is 0. The molecule has 5 heteroatoms. The van der Waals surface area contributed by atoms with Gasteiger partial charge < -0.3 is 10.4 Å². The second-order valence-corrected chi connectivity index (χ2v) is 3.87. The van der Waals surface area contributed by atoms with Gasteiger partial charge in [-0.05, 0) is 17.7 Å². The van der Waals surface area contributed by atoms with E-state index in [1.165, 1.54) is 12.3 Å².